The molecule has 0 saturated heterocycles. The molecule has 3 heteroatoms. The van der Waals surface area contributed by atoms with Gasteiger partial charge in [-0.3, -0.25) is 0 Å². The van der Waals surface area contributed by atoms with Crippen LogP contribution in [0.3, 0.4) is 0 Å². The van der Waals surface area contributed by atoms with E-state index in [1.54, 1.807) is 0 Å². The number of benzene rings is 10. The van der Waals surface area contributed by atoms with Crippen LogP contribution >= 0.6 is 0 Å². The van der Waals surface area contributed by atoms with Gasteiger partial charge in [0.1, 0.15) is 11.2 Å². The van der Waals surface area contributed by atoms with Crippen molar-refractivity contribution in [3.63, 3.8) is 0 Å². The molecule has 0 atom stereocenters. The zero-order valence-corrected chi connectivity index (χ0v) is 35.6. The molecular formula is C61H42N2O. The smallest absolute Gasteiger partial charge is 0.145 e. The maximum atomic E-state index is 7.10. The van der Waals surface area contributed by atoms with E-state index in [1.807, 2.05) is 0 Å². The Bertz CT molecular complexity index is 3790. The van der Waals surface area contributed by atoms with Crippen molar-refractivity contribution in [1.82, 2.24) is 4.57 Å². The minimum absolute atomic E-state index is 0.134. The van der Waals surface area contributed by atoms with E-state index >= 15 is 0 Å². The monoisotopic (exact) mass is 818 g/mol. The van der Waals surface area contributed by atoms with E-state index < -0.39 is 0 Å². The average molecular weight is 819 g/mol. The zero-order chi connectivity index (χ0) is 42.5. The van der Waals surface area contributed by atoms with Gasteiger partial charge in [0.15, 0.2) is 0 Å². The molecule has 12 aromatic rings. The minimum Gasteiger partial charge on any atom is -0.455 e. The van der Waals surface area contributed by atoms with E-state index in [0.717, 1.165) is 72.4 Å². The molecule has 0 spiro atoms. The largest absolute Gasteiger partial charge is 0.455 e. The first kappa shape index (κ1) is 36.5. The molecule has 0 saturated carbocycles. The molecule has 0 N–H and O–H groups in total. The van der Waals surface area contributed by atoms with E-state index in [2.05, 4.69) is 242 Å². The Morgan fingerprint density at radius 1 is 0.422 bits per heavy atom. The van der Waals surface area contributed by atoms with Gasteiger partial charge in [0.05, 0.1) is 33.7 Å². The predicted octanol–water partition coefficient (Wildman–Crippen LogP) is 16.9. The highest BCUT2D eigenvalue weighted by atomic mass is 16.3. The summed E-state index contributed by atoms with van der Waals surface area (Å²) in [4.78, 5) is 2.47. The standard InChI is InChI=1S/C61H42N2O/c1-61(2)51-25-11-5-20-44(51)45-34-32-41(38-52(45)61)43-19-6-12-26-53(43)62(42-33-31-39-17-3-4-18-40(39)37-42)57-36-35-49-48-23-10-16-30-58(48)64-60(49)59(57)50-24-9-15-29-56(50)63-54-27-13-7-21-46(54)47-22-8-14-28-55(47)63/h3-38H,1-2H3. The number of aromatic nitrogens is 1. The number of rotatable bonds is 6. The lowest BCUT2D eigenvalue weighted by atomic mass is 9.81. The summed E-state index contributed by atoms with van der Waals surface area (Å²) in [7, 11) is 0. The summed E-state index contributed by atoms with van der Waals surface area (Å²) in [5.74, 6) is 0. The van der Waals surface area contributed by atoms with Crippen LogP contribution in [0.2, 0.25) is 0 Å². The van der Waals surface area contributed by atoms with Gasteiger partial charge in [0, 0.05) is 43.8 Å². The van der Waals surface area contributed by atoms with Gasteiger partial charge in [-0.25, -0.2) is 0 Å². The molecule has 2 aromatic heterocycles. The Balaban J connectivity index is 1.12. The second-order valence-corrected chi connectivity index (χ2v) is 17.6. The summed E-state index contributed by atoms with van der Waals surface area (Å²) in [5, 5.41) is 7.00. The first-order valence-corrected chi connectivity index (χ1v) is 22.2. The molecule has 0 bridgehead atoms. The topological polar surface area (TPSA) is 21.3 Å². The van der Waals surface area contributed by atoms with E-state index in [4.69, 9.17) is 4.42 Å². The lowest BCUT2D eigenvalue weighted by Crippen LogP contribution is -2.15. The molecule has 0 unspecified atom stereocenters. The number of hydrogen-bond acceptors (Lipinski definition) is 2. The third-order valence-corrected chi connectivity index (χ3v) is 13.8. The van der Waals surface area contributed by atoms with Gasteiger partial charge in [-0.2, -0.15) is 0 Å². The third-order valence-electron chi connectivity index (χ3n) is 13.8. The van der Waals surface area contributed by atoms with Gasteiger partial charge in [0.25, 0.3) is 0 Å². The summed E-state index contributed by atoms with van der Waals surface area (Å²) in [6.07, 6.45) is 0. The Morgan fingerprint density at radius 3 is 1.86 bits per heavy atom. The first-order chi connectivity index (χ1) is 31.5. The number of para-hydroxylation sites is 5. The fourth-order valence-electron chi connectivity index (χ4n) is 10.8. The van der Waals surface area contributed by atoms with E-state index in [0.29, 0.717) is 0 Å². The Hall–Kier alpha value is -8.14. The highest BCUT2D eigenvalue weighted by Crippen LogP contribution is 2.53. The van der Waals surface area contributed by atoms with E-state index in [1.165, 1.54) is 49.4 Å². The van der Waals surface area contributed by atoms with E-state index in [9.17, 15) is 0 Å². The van der Waals surface area contributed by atoms with Crippen LogP contribution < -0.4 is 4.90 Å². The van der Waals surface area contributed by atoms with Crippen LogP contribution in [0.1, 0.15) is 25.0 Å². The summed E-state index contributed by atoms with van der Waals surface area (Å²) in [6, 6.07) is 79.7. The molecule has 0 aliphatic heterocycles. The van der Waals surface area contributed by atoms with Crippen molar-refractivity contribution in [2.45, 2.75) is 19.3 Å². The molecular weight excluding hydrogens is 777 g/mol. The molecule has 0 fully saturated rings. The third kappa shape index (κ3) is 5.34. The van der Waals surface area contributed by atoms with Gasteiger partial charge < -0.3 is 13.9 Å². The number of furan rings is 1. The Labute approximate surface area is 371 Å². The maximum absolute atomic E-state index is 7.10. The lowest BCUT2D eigenvalue weighted by molar-refractivity contribution is 0.660. The molecule has 1 aliphatic carbocycles. The van der Waals surface area contributed by atoms with Crippen molar-refractivity contribution in [3.8, 4) is 39.1 Å². The Morgan fingerprint density at radius 2 is 1.05 bits per heavy atom. The number of hydrogen-bond donors (Lipinski definition) is 0. The Kier molecular flexibility index (Phi) is 7.95. The molecule has 13 rings (SSSR count). The fraction of sp³-hybridized carbons (Fsp3) is 0.0492. The summed E-state index contributed by atoms with van der Waals surface area (Å²) in [6.45, 7) is 4.72. The van der Waals surface area contributed by atoms with Crippen LogP contribution in [0.4, 0.5) is 17.1 Å². The molecule has 10 aromatic carbocycles. The van der Waals surface area contributed by atoms with Gasteiger partial charge in [-0.05, 0) is 99.3 Å². The van der Waals surface area contributed by atoms with Crippen molar-refractivity contribution in [1.29, 1.82) is 0 Å². The molecule has 1 aliphatic rings. The number of nitrogens with zero attached hydrogens (tertiary/aromatic N) is 2. The molecule has 0 radical (unpaired) electrons. The SMILES string of the molecule is CC1(C)c2ccccc2-c2ccc(-c3ccccc3N(c3ccc4ccccc4c3)c3ccc4c(oc5ccccc54)c3-c3ccccc3-n3c4ccccc4c4ccccc43)cc21. The second kappa shape index (κ2) is 13.9. The molecule has 0 amide bonds. The highest BCUT2D eigenvalue weighted by Gasteiger charge is 2.36. The average Bonchev–Trinajstić information content (AvgIpc) is 3.97. The van der Waals surface area contributed by atoms with Gasteiger partial charge >= 0.3 is 0 Å². The predicted molar refractivity (Wildman–Crippen MR) is 269 cm³/mol. The van der Waals surface area contributed by atoms with Crippen LogP contribution in [-0.2, 0) is 5.41 Å². The van der Waals surface area contributed by atoms with Crippen LogP contribution in [0.5, 0.6) is 0 Å². The second-order valence-electron chi connectivity index (χ2n) is 17.6. The number of anilines is 3. The summed E-state index contributed by atoms with van der Waals surface area (Å²) in [5.41, 5.74) is 18.0. The van der Waals surface area contributed by atoms with Gasteiger partial charge in [-0.15, -0.1) is 0 Å². The van der Waals surface area contributed by atoms with Crippen molar-refractivity contribution < 1.29 is 4.42 Å². The summed E-state index contributed by atoms with van der Waals surface area (Å²) >= 11 is 0. The van der Waals surface area contributed by atoms with Gasteiger partial charge in [0.2, 0.25) is 0 Å². The lowest BCUT2D eigenvalue weighted by Gasteiger charge is -2.31. The zero-order valence-electron chi connectivity index (χ0n) is 35.6. The van der Waals surface area contributed by atoms with E-state index in [-0.39, 0.29) is 5.41 Å². The number of fused-ring (bicyclic) bond motifs is 10. The molecule has 64 heavy (non-hydrogen) atoms. The van der Waals surface area contributed by atoms with Crippen molar-refractivity contribution in [3.05, 3.63) is 230 Å². The van der Waals surface area contributed by atoms with Crippen LogP contribution in [0, 0.1) is 0 Å². The molecule has 3 nitrogen and oxygen atoms in total. The van der Waals surface area contributed by atoms with Crippen LogP contribution in [-0.4, -0.2) is 4.57 Å². The fourth-order valence-corrected chi connectivity index (χ4v) is 10.8. The quantitative estimate of drug-likeness (QED) is 0.167. The molecule has 2 heterocycles. The minimum atomic E-state index is -0.134. The highest BCUT2D eigenvalue weighted by molar-refractivity contribution is 6.16. The normalized spacial score (nSPS) is 13.0. The summed E-state index contributed by atoms with van der Waals surface area (Å²) < 4.78 is 9.54. The van der Waals surface area contributed by atoms with Crippen LogP contribution in [0.25, 0.3) is 93.6 Å². The first-order valence-electron chi connectivity index (χ1n) is 22.2. The maximum Gasteiger partial charge on any atom is 0.145 e. The van der Waals surface area contributed by atoms with Crippen LogP contribution in [0.15, 0.2) is 223 Å². The van der Waals surface area contributed by atoms with Gasteiger partial charge in [-0.1, -0.05) is 172 Å². The van der Waals surface area contributed by atoms with Crippen molar-refractivity contribution in [2.24, 2.45) is 0 Å². The van der Waals surface area contributed by atoms with Crippen molar-refractivity contribution in [2.75, 3.05) is 4.90 Å². The molecule has 302 valence electrons. The van der Waals surface area contributed by atoms with Crippen molar-refractivity contribution >= 4 is 71.6 Å².